The number of carbonyl (C=O) groups excluding carboxylic acids is 1. The van der Waals surface area contributed by atoms with Crippen LogP contribution in [-0.4, -0.2) is 30.7 Å². The van der Waals surface area contributed by atoms with Gasteiger partial charge in [0.25, 0.3) is 0 Å². The van der Waals surface area contributed by atoms with Gasteiger partial charge in [-0.3, -0.25) is 4.79 Å². The first-order valence-electron chi connectivity index (χ1n) is 10.7. The molecule has 2 N–H and O–H groups in total. The highest BCUT2D eigenvalue weighted by atomic mass is 32.1. The summed E-state index contributed by atoms with van der Waals surface area (Å²) < 4.78 is 5.83. The second kappa shape index (κ2) is 11.0. The summed E-state index contributed by atoms with van der Waals surface area (Å²) in [6, 6.07) is 14.2. The first-order valence-corrected chi connectivity index (χ1v) is 11.2. The predicted octanol–water partition coefficient (Wildman–Crippen LogP) is 4.83. The maximum atomic E-state index is 12.1. The minimum Gasteiger partial charge on any atom is -0.493 e. The van der Waals surface area contributed by atoms with Gasteiger partial charge in [0.05, 0.1) is 6.61 Å². The summed E-state index contributed by atoms with van der Waals surface area (Å²) in [6.07, 6.45) is 4.44. The minimum atomic E-state index is 0.194. The number of ether oxygens (including phenoxy) is 1. The molecular weight excluding hydrogens is 394 g/mol. The van der Waals surface area contributed by atoms with E-state index in [0.29, 0.717) is 11.5 Å². The van der Waals surface area contributed by atoms with E-state index in [1.807, 2.05) is 48.2 Å². The van der Waals surface area contributed by atoms with Crippen molar-refractivity contribution in [3.63, 3.8) is 0 Å². The molecule has 5 nitrogen and oxygen atoms in total. The molecule has 1 heterocycles. The Morgan fingerprint density at radius 3 is 2.83 bits per heavy atom. The van der Waals surface area contributed by atoms with Gasteiger partial charge in [0, 0.05) is 30.9 Å². The number of nitrogens with zero attached hydrogens (tertiary/aromatic N) is 1. The lowest BCUT2D eigenvalue weighted by Crippen LogP contribution is -2.30. The molecule has 1 fully saturated rings. The third-order valence-corrected chi connectivity index (χ3v) is 5.42. The van der Waals surface area contributed by atoms with Crippen LogP contribution < -0.4 is 20.3 Å². The lowest BCUT2D eigenvalue weighted by Gasteiger charge is -2.20. The molecule has 2 aromatic carbocycles. The Hall–Kier alpha value is -2.60. The normalized spacial score (nSPS) is 13.4. The van der Waals surface area contributed by atoms with Crippen LogP contribution in [0, 0.1) is 6.92 Å². The third-order valence-electron chi connectivity index (χ3n) is 5.17. The van der Waals surface area contributed by atoms with E-state index in [2.05, 4.69) is 23.6 Å². The fourth-order valence-electron chi connectivity index (χ4n) is 3.60. The number of rotatable bonds is 9. The van der Waals surface area contributed by atoms with Crippen LogP contribution in [0.3, 0.4) is 0 Å². The molecule has 0 bridgehead atoms. The van der Waals surface area contributed by atoms with Crippen LogP contribution in [0.5, 0.6) is 5.75 Å². The number of amides is 1. The van der Waals surface area contributed by atoms with Gasteiger partial charge in [-0.25, -0.2) is 0 Å². The van der Waals surface area contributed by atoms with Crippen LogP contribution in [0.1, 0.15) is 43.7 Å². The quantitative estimate of drug-likeness (QED) is 0.445. The van der Waals surface area contributed by atoms with Crippen molar-refractivity contribution in [1.82, 2.24) is 5.32 Å². The number of benzene rings is 2. The van der Waals surface area contributed by atoms with Crippen LogP contribution in [-0.2, 0) is 11.2 Å². The van der Waals surface area contributed by atoms with Gasteiger partial charge in [-0.2, -0.15) is 0 Å². The zero-order chi connectivity index (χ0) is 21.3. The van der Waals surface area contributed by atoms with E-state index in [0.717, 1.165) is 68.1 Å². The maximum absolute atomic E-state index is 12.1. The number of nitrogens with one attached hydrogen (secondary N) is 2. The number of aryl methyl sites for hydroxylation is 2. The van der Waals surface area contributed by atoms with Crippen molar-refractivity contribution in [2.45, 2.75) is 46.0 Å². The molecule has 0 unspecified atom stereocenters. The minimum absolute atomic E-state index is 0.194. The van der Waals surface area contributed by atoms with Crippen LogP contribution in [0.25, 0.3) is 0 Å². The van der Waals surface area contributed by atoms with Crippen molar-refractivity contribution in [3.05, 3.63) is 53.6 Å². The zero-order valence-corrected chi connectivity index (χ0v) is 18.7. The molecule has 1 aliphatic heterocycles. The van der Waals surface area contributed by atoms with E-state index in [1.54, 1.807) is 0 Å². The van der Waals surface area contributed by atoms with Crippen molar-refractivity contribution < 1.29 is 9.53 Å². The highest BCUT2D eigenvalue weighted by Crippen LogP contribution is 2.28. The van der Waals surface area contributed by atoms with Gasteiger partial charge in [0.1, 0.15) is 5.75 Å². The Morgan fingerprint density at radius 2 is 2.07 bits per heavy atom. The third kappa shape index (κ3) is 5.95. The number of thiocarbonyl (C=S) groups is 1. The Kier molecular flexibility index (Phi) is 8.08. The largest absolute Gasteiger partial charge is 0.493 e. The standard InChI is InChI=1S/C24H31N3O2S/c1-3-16-29-22-10-5-4-8-19(22)9-6-14-25-24(30)26-20-13-12-18(2)21(17-20)27-15-7-11-23(27)28/h4-5,8,10,12-13,17H,3,6-7,9,11,14-16H2,1-2H3,(H2,25,26,30). The van der Waals surface area contributed by atoms with Crippen molar-refractivity contribution in [2.75, 3.05) is 29.9 Å². The van der Waals surface area contributed by atoms with Crippen LogP contribution in [0.2, 0.25) is 0 Å². The average Bonchev–Trinajstić information content (AvgIpc) is 3.17. The molecule has 2 aromatic rings. The number of hydrogen-bond acceptors (Lipinski definition) is 3. The van der Waals surface area contributed by atoms with Gasteiger partial charge in [-0.15, -0.1) is 0 Å². The molecule has 30 heavy (non-hydrogen) atoms. The van der Waals surface area contributed by atoms with E-state index in [4.69, 9.17) is 17.0 Å². The van der Waals surface area contributed by atoms with Crippen LogP contribution in [0.4, 0.5) is 11.4 Å². The molecule has 1 amide bonds. The van der Waals surface area contributed by atoms with Gasteiger partial charge < -0.3 is 20.3 Å². The molecule has 0 aromatic heterocycles. The highest BCUT2D eigenvalue weighted by Gasteiger charge is 2.23. The summed E-state index contributed by atoms with van der Waals surface area (Å²) >= 11 is 5.46. The monoisotopic (exact) mass is 425 g/mol. The zero-order valence-electron chi connectivity index (χ0n) is 17.9. The molecule has 1 aliphatic rings. The van der Waals surface area contributed by atoms with E-state index in [-0.39, 0.29) is 5.91 Å². The number of anilines is 2. The SMILES string of the molecule is CCCOc1ccccc1CCCNC(=S)Nc1ccc(C)c(N2CCCC2=O)c1. The number of para-hydroxylation sites is 1. The maximum Gasteiger partial charge on any atom is 0.227 e. The first kappa shape index (κ1) is 22.1. The van der Waals surface area contributed by atoms with Crippen molar-refractivity contribution in [2.24, 2.45) is 0 Å². The van der Waals surface area contributed by atoms with E-state index < -0.39 is 0 Å². The molecule has 0 aliphatic carbocycles. The number of hydrogen-bond donors (Lipinski definition) is 2. The molecule has 160 valence electrons. The van der Waals surface area contributed by atoms with Gasteiger partial charge in [-0.05, 0) is 74.2 Å². The molecule has 0 saturated carbocycles. The van der Waals surface area contributed by atoms with Gasteiger partial charge in [0.2, 0.25) is 5.91 Å². The molecule has 1 saturated heterocycles. The van der Waals surface area contributed by atoms with Crippen molar-refractivity contribution in [1.29, 1.82) is 0 Å². The Bertz CT molecular complexity index is 885. The Morgan fingerprint density at radius 1 is 1.23 bits per heavy atom. The van der Waals surface area contributed by atoms with Gasteiger partial charge in [0.15, 0.2) is 5.11 Å². The second-order valence-corrected chi connectivity index (χ2v) is 8.00. The molecule has 0 spiro atoms. The second-order valence-electron chi connectivity index (χ2n) is 7.59. The first-order chi connectivity index (χ1) is 14.6. The van der Waals surface area contributed by atoms with Crippen molar-refractivity contribution >= 4 is 34.6 Å². The molecule has 3 rings (SSSR count). The fourth-order valence-corrected chi connectivity index (χ4v) is 3.82. The van der Waals surface area contributed by atoms with Gasteiger partial charge >= 0.3 is 0 Å². The van der Waals surface area contributed by atoms with E-state index in [1.165, 1.54) is 5.56 Å². The lowest BCUT2D eigenvalue weighted by molar-refractivity contribution is -0.117. The average molecular weight is 426 g/mol. The summed E-state index contributed by atoms with van der Waals surface area (Å²) in [5.41, 5.74) is 4.18. The summed E-state index contributed by atoms with van der Waals surface area (Å²) in [5.74, 6) is 1.17. The fraction of sp³-hybridized carbons (Fsp3) is 0.417. The highest BCUT2D eigenvalue weighted by molar-refractivity contribution is 7.80. The predicted molar refractivity (Wildman–Crippen MR) is 128 cm³/mol. The van der Waals surface area contributed by atoms with Crippen molar-refractivity contribution in [3.8, 4) is 5.75 Å². The topological polar surface area (TPSA) is 53.6 Å². The molecule has 0 radical (unpaired) electrons. The van der Waals surface area contributed by atoms with Gasteiger partial charge in [-0.1, -0.05) is 31.2 Å². The summed E-state index contributed by atoms with van der Waals surface area (Å²) in [5, 5.41) is 7.11. The molecule has 6 heteroatoms. The Balaban J connectivity index is 1.48. The smallest absolute Gasteiger partial charge is 0.227 e. The number of carbonyl (C=O) groups is 1. The molecular formula is C24H31N3O2S. The Labute approximate surface area is 184 Å². The lowest BCUT2D eigenvalue weighted by atomic mass is 10.1. The summed E-state index contributed by atoms with van der Waals surface area (Å²) in [4.78, 5) is 14.0. The summed E-state index contributed by atoms with van der Waals surface area (Å²) in [6.45, 7) is 6.45. The van der Waals surface area contributed by atoms with E-state index in [9.17, 15) is 4.79 Å². The molecule has 0 atom stereocenters. The summed E-state index contributed by atoms with van der Waals surface area (Å²) in [7, 11) is 0. The van der Waals surface area contributed by atoms with Crippen LogP contribution >= 0.6 is 12.2 Å². The van der Waals surface area contributed by atoms with Crippen LogP contribution in [0.15, 0.2) is 42.5 Å². The van der Waals surface area contributed by atoms with E-state index >= 15 is 0 Å².